The summed E-state index contributed by atoms with van der Waals surface area (Å²) in [5, 5.41) is 3.14. The number of hydrogen-bond acceptors (Lipinski definition) is 2. The molecule has 1 fully saturated rings. The van der Waals surface area contributed by atoms with Crippen LogP contribution in [0.3, 0.4) is 0 Å². The maximum atomic E-state index is 12.4. The van der Waals surface area contributed by atoms with Gasteiger partial charge in [-0.15, -0.1) is 0 Å². The van der Waals surface area contributed by atoms with E-state index < -0.39 is 0 Å². The molecule has 0 radical (unpaired) electrons. The number of aryl methyl sites for hydroxylation is 3. The van der Waals surface area contributed by atoms with Gasteiger partial charge in [-0.2, -0.15) is 0 Å². The zero-order valence-corrected chi connectivity index (χ0v) is 12.5. The minimum Gasteiger partial charge on any atom is -0.349 e. The smallest absolute Gasteiger partial charge is 0.252 e. The summed E-state index contributed by atoms with van der Waals surface area (Å²) in [6.45, 7) is 10.3. The third-order valence-electron chi connectivity index (χ3n) is 4.55. The van der Waals surface area contributed by atoms with Crippen LogP contribution in [0.2, 0.25) is 0 Å². The van der Waals surface area contributed by atoms with Crippen molar-refractivity contribution in [2.75, 3.05) is 0 Å². The first-order chi connectivity index (χ1) is 8.73. The van der Waals surface area contributed by atoms with Crippen LogP contribution in [-0.4, -0.2) is 18.0 Å². The molecule has 0 heterocycles. The average Bonchev–Trinajstić information content (AvgIpc) is 2.27. The quantitative estimate of drug-likeness (QED) is 0.858. The van der Waals surface area contributed by atoms with Crippen LogP contribution in [0.5, 0.6) is 0 Å². The molecule has 1 aliphatic rings. The molecule has 1 aromatic rings. The van der Waals surface area contributed by atoms with Gasteiger partial charge in [-0.3, -0.25) is 4.79 Å². The van der Waals surface area contributed by atoms with Crippen molar-refractivity contribution in [2.24, 2.45) is 11.1 Å². The van der Waals surface area contributed by atoms with E-state index in [1.807, 2.05) is 13.8 Å². The molecule has 2 rings (SSSR count). The molecule has 3 heteroatoms. The van der Waals surface area contributed by atoms with Crippen LogP contribution in [0.4, 0.5) is 0 Å². The van der Waals surface area contributed by atoms with Crippen molar-refractivity contribution in [1.82, 2.24) is 5.32 Å². The lowest BCUT2D eigenvalue weighted by molar-refractivity contribution is 0.0586. The number of benzene rings is 1. The number of carbonyl (C=O) groups excluding carboxylic acids is 1. The molecule has 2 atom stereocenters. The molecular formula is C16H24N2O. The van der Waals surface area contributed by atoms with Gasteiger partial charge < -0.3 is 11.1 Å². The standard InChI is InChI=1S/C16H24N2O/c1-9-6-10(2)14(11(3)7-9)15(19)18-13-8-12(17)16(13,4)5/h6-7,12-13H,8,17H2,1-5H3,(H,18,19). The Morgan fingerprint density at radius 2 is 1.79 bits per heavy atom. The zero-order valence-electron chi connectivity index (χ0n) is 12.5. The van der Waals surface area contributed by atoms with Gasteiger partial charge in [-0.25, -0.2) is 0 Å². The minimum absolute atomic E-state index is 0.0117. The lowest BCUT2D eigenvalue weighted by Gasteiger charge is -2.50. The maximum Gasteiger partial charge on any atom is 0.252 e. The minimum atomic E-state index is -0.0117. The summed E-state index contributed by atoms with van der Waals surface area (Å²) in [7, 11) is 0. The summed E-state index contributed by atoms with van der Waals surface area (Å²) in [4.78, 5) is 12.4. The molecule has 2 unspecified atom stereocenters. The second kappa shape index (κ2) is 4.64. The summed E-state index contributed by atoms with van der Waals surface area (Å²) >= 11 is 0. The van der Waals surface area contributed by atoms with E-state index in [0.29, 0.717) is 0 Å². The van der Waals surface area contributed by atoms with E-state index in [9.17, 15) is 4.79 Å². The van der Waals surface area contributed by atoms with E-state index in [1.165, 1.54) is 5.56 Å². The van der Waals surface area contributed by atoms with Crippen molar-refractivity contribution in [3.63, 3.8) is 0 Å². The third kappa shape index (κ3) is 2.39. The summed E-state index contributed by atoms with van der Waals surface area (Å²) < 4.78 is 0. The topological polar surface area (TPSA) is 55.1 Å². The Morgan fingerprint density at radius 3 is 2.21 bits per heavy atom. The van der Waals surface area contributed by atoms with Gasteiger partial charge in [0.25, 0.3) is 5.91 Å². The van der Waals surface area contributed by atoms with E-state index in [4.69, 9.17) is 5.73 Å². The molecule has 0 bridgehead atoms. The summed E-state index contributed by atoms with van der Waals surface area (Å²) in [5.74, 6) is 0.0278. The van der Waals surface area contributed by atoms with Crippen molar-refractivity contribution >= 4 is 5.91 Å². The first-order valence-corrected chi connectivity index (χ1v) is 6.87. The first-order valence-electron chi connectivity index (χ1n) is 6.87. The van der Waals surface area contributed by atoms with Gasteiger partial charge in [0.15, 0.2) is 0 Å². The lowest BCUT2D eigenvalue weighted by atomic mass is 9.63. The molecule has 1 aliphatic carbocycles. The Hall–Kier alpha value is -1.35. The van der Waals surface area contributed by atoms with Crippen LogP contribution in [0.1, 0.15) is 47.3 Å². The van der Waals surface area contributed by atoms with E-state index in [-0.39, 0.29) is 23.4 Å². The van der Waals surface area contributed by atoms with Gasteiger partial charge in [-0.1, -0.05) is 31.5 Å². The van der Waals surface area contributed by atoms with E-state index in [1.54, 1.807) is 0 Å². The summed E-state index contributed by atoms with van der Waals surface area (Å²) in [6.07, 6.45) is 0.864. The number of nitrogens with two attached hydrogens (primary N) is 1. The monoisotopic (exact) mass is 260 g/mol. The molecule has 0 saturated heterocycles. The predicted octanol–water partition coefficient (Wildman–Crippen LogP) is 2.47. The van der Waals surface area contributed by atoms with Crippen LogP contribution in [0.15, 0.2) is 12.1 Å². The van der Waals surface area contributed by atoms with E-state index >= 15 is 0 Å². The summed E-state index contributed by atoms with van der Waals surface area (Å²) in [5.41, 5.74) is 10.1. The Kier molecular flexibility index (Phi) is 3.43. The molecule has 0 aromatic heterocycles. The second-order valence-corrected chi connectivity index (χ2v) is 6.46. The van der Waals surface area contributed by atoms with Crippen molar-refractivity contribution in [1.29, 1.82) is 0 Å². The number of rotatable bonds is 2. The molecule has 1 amide bonds. The van der Waals surface area contributed by atoms with Gasteiger partial charge in [-0.05, 0) is 38.3 Å². The fourth-order valence-corrected chi connectivity index (χ4v) is 2.97. The van der Waals surface area contributed by atoms with Crippen molar-refractivity contribution in [3.05, 3.63) is 34.4 Å². The Morgan fingerprint density at radius 1 is 1.26 bits per heavy atom. The molecule has 3 N–H and O–H groups in total. The second-order valence-electron chi connectivity index (χ2n) is 6.46. The van der Waals surface area contributed by atoms with Gasteiger partial charge in [0.05, 0.1) is 0 Å². The third-order valence-corrected chi connectivity index (χ3v) is 4.55. The highest BCUT2D eigenvalue weighted by atomic mass is 16.1. The average molecular weight is 260 g/mol. The van der Waals surface area contributed by atoms with Crippen molar-refractivity contribution < 1.29 is 4.79 Å². The zero-order chi connectivity index (χ0) is 14.4. The Labute approximate surface area is 115 Å². The predicted molar refractivity (Wildman–Crippen MR) is 78.3 cm³/mol. The Balaban J connectivity index is 2.18. The van der Waals surface area contributed by atoms with Crippen LogP contribution in [0, 0.1) is 26.2 Å². The highest BCUT2D eigenvalue weighted by Crippen LogP contribution is 2.39. The van der Waals surface area contributed by atoms with Gasteiger partial charge in [0.2, 0.25) is 0 Å². The SMILES string of the molecule is Cc1cc(C)c(C(=O)NC2CC(N)C2(C)C)c(C)c1. The molecule has 1 saturated carbocycles. The molecule has 19 heavy (non-hydrogen) atoms. The van der Waals surface area contributed by atoms with Crippen LogP contribution in [0.25, 0.3) is 0 Å². The van der Waals surface area contributed by atoms with E-state index in [0.717, 1.165) is 23.1 Å². The maximum absolute atomic E-state index is 12.4. The summed E-state index contributed by atoms with van der Waals surface area (Å²) in [6, 6.07) is 4.46. The normalized spacial score (nSPS) is 24.7. The lowest BCUT2D eigenvalue weighted by Crippen LogP contribution is -2.64. The fraction of sp³-hybridized carbons (Fsp3) is 0.562. The highest BCUT2D eigenvalue weighted by molar-refractivity contribution is 5.97. The Bertz CT molecular complexity index is 496. The van der Waals surface area contributed by atoms with Crippen molar-refractivity contribution in [3.8, 4) is 0 Å². The first kappa shape index (κ1) is 14.1. The highest BCUT2D eigenvalue weighted by Gasteiger charge is 2.46. The van der Waals surface area contributed by atoms with Crippen LogP contribution >= 0.6 is 0 Å². The molecule has 0 aliphatic heterocycles. The van der Waals surface area contributed by atoms with Crippen LogP contribution in [-0.2, 0) is 0 Å². The molecule has 0 spiro atoms. The van der Waals surface area contributed by atoms with Crippen LogP contribution < -0.4 is 11.1 Å². The fourth-order valence-electron chi connectivity index (χ4n) is 2.97. The molecule has 3 nitrogen and oxygen atoms in total. The number of carbonyl (C=O) groups is 1. The van der Waals surface area contributed by atoms with Crippen molar-refractivity contribution in [2.45, 2.75) is 53.1 Å². The largest absolute Gasteiger partial charge is 0.349 e. The number of nitrogens with one attached hydrogen (secondary N) is 1. The number of hydrogen-bond donors (Lipinski definition) is 2. The molecule has 1 aromatic carbocycles. The van der Waals surface area contributed by atoms with Gasteiger partial charge >= 0.3 is 0 Å². The van der Waals surface area contributed by atoms with Gasteiger partial charge in [0, 0.05) is 23.1 Å². The molecule has 104 valence electrons. The molecular weight excluding hydrogens is 236 g/mol. The van der Waals surface area contributed by atoms with Gasteiger partial charge in [0.1, 0.15) is 0 Å². The van der Waals surface area contributed by atoms with E-state index in [2.05, 4.69) is 38.2 Å². The number of amides is 1.